The van der Waals surface area contributed by atoms with Crippen LogP contribution in [-0.2, 0) is 6.42 Å². The molecule has 72 valence electrons. The van der Waals surface area contributed by atoms with Crippen LogP contribution in [0.15, 0.2) is 12.3 Å². The second kappa shape index (κ2) is 3.92. The van der Waals surface area contributed by atoms with Crippen LogP contribution in [0.4, 0.5) is 0 Å². The van der Waals surface area contributed by atoms with Crippen molar-refractivity contribution in [1.82, 2.24) is 9.78 Å². The van der Waals surface area contributed by atoms with E-state index >= 15 is 0 Å². The first-order chi connectivity index (χ1) is 6.40. The average molecular weight is 180 g/mol. The molecule has 3 nitrogen and oxygen atoms in total. The topological polar surface area (TPSA) is 38.0 Å². The molecule has 0 bridgehead atoms. The van der Waals surface area contributed by atoms with E-state index in [1.165, 1.54) is 25.7 Å². The van der Waals surface area contributed by atoms with Crippen LogP contribution in [0, 0.1) is 0 Å². The third-order valence-corrected chi connectivity index (χ3v) is 2.73. The van der Waals surface area contributed by atoms with E-state index in [0.717, 1.165) is 5.69 Å². The summed E-state index contributed by atoms with van der Waals surface area (Å²) < 4.78 is 2.07. The second-order valence-electron chi connectivity index (χ2n) is 3.70. The largest absolute Gasteiger partial charge is 0.396 e. The molecule has 0 saturated heterocycles. The molecule has 2 rings (SSSR count). The predicted molar refractivity (Wildman–Crippen MR) is 50.5 cm³/mol. The fourth-order valence-electron chi connectivity index (χ4n) is 2.00. The molecule has 0 amide bonds. The molecule has 1 fully saturated rings. The molecule has 1 aromatic rings. The summed E-state index contributed by atoms with van der Waals surface area (Å²) in [5, 5.41) is 13.2. The Bertz CT molecular complexity index is 264. The normalized spacial score (nSPS) is 18.2. The summed E-state index contributed by atoms with van der Waals surface area (Å²) in [5.74, 6) is 0. The maximum Gasteiger partial charge on any atom is 0.0647 e. The quantitative estimate of drug-likeness (QED) is 0.766. The standard InChI is InChI=1S/C10H16N2O/c13-8-6-9-5-7-12(11-9)10-3-1-2-4-10/h5,7,10,13H,1-4,6,8H2. The molecule has 1 heterocycles. The number of aliphatic hydroxyl groups excluding tert-OH is 1. The minimum Gasteiger partial charge on any atom is -0.396 e. The van der Waals surface area contributed by atoms with Gasteiger partial charge in [0.15, 0.2) is 0 Å². The molecule has 1 aliphatic carbocycles. The molecule has 0 spiro atoms. The van der Waals surface area contributed by atoms with Crippen LogP contribution < -0.4 is 0 Å². The maximum atomic E-state index is 8.75. The summed E-state index contributed by atoms with van der Waals surface area (Å²) in [4.78, 5) is 0. The molecule has 1 aromatic heterocycles. The van der Waals surface area contributed by atoms with Gasteiger partial charge < -0.3 is 5.11 Å². The van der Waals surface area contributed by atoms with E-state index in [1.54, 1.807) is 0 Å². The molecular weight excluding hydrogens is 164 g/mol. The summed E-state index contributed by atoms with van der Waals surface area (Å²) >= 11 is 0. The minimum atomic E-state index is 0.196. The number of rotatable bonds is 3. The zero-order valence-electron chi connectivity index (χ0n) is 7.82. The molecule has 1 saturated carbocycles. The van der Waals surface area contributed by atoms with Crippen LogP contribution in [0.1, 0.15) is 37.4 Å². The Hall–Kier alpha value is -0.830. The maximum absolute atomic E-state index is 8.75. The van der Waals surface area contributed by atoms with Crippen molar-refractivity contribution in [3.05, 3.63) is 18.0 Å². The highest BCUT2D eigenvalue weighted by molar-refractivity contribution is 5.00. The van der Waals surface area contributed by atoms with Gasteiger partial charge in [-0.15, -0.1) is 0 Å². The summed E-state index contributed by atoms with van der Waals surface area (Å²) in [7, 11) is 0. The van der Waals surface area contributed by atoms with Crippen LogP contribution in [0.5, 0.6) is 0 Å². The first-order valence-electron chi connectivity index (χ1n) is 5.05. The van der Waals surface area contributed by atoms with Gasteiger partial charge in [0.05, 0.1) is 11.7 Å². The first kappa shape index (κ1) is 8.75. The number of hydrogen-bond donors (Lipinski definition) is 1. The summed E-state index contributed by atoms with van der Waals surface area (Å²) in [5.41, 5.74) is 1.01. The monoisotopic (exact) mass is 180 g/mol. The Labute approximate surface area is 78.4 Å². The Morgan fingerprint density at radius 2 is 2.23 bits per heavy atom. The van der Waals surface area contributed by atoms with Crippen molar-refractivity contribution >= 4 is 0 Å². The molecular formula is C10H16N2O. The lowest BCUT2D eigenvalue weighted by molar-refractivity contribution is 0.297. The SMILES string of the molecule is OCCc1ccn(C2CCCC2)n1. The van der Waals surface area contributed by atoms with Gasteiger partial charge in [-0.05, 0) is 18.9 Å². The van der Waals surface area contributed by atoms with Crippen molar-refractivity contribution < 1.29 is 5.11 Å². The molecule has 0 unspecified atom stereocenters. The molecule has 0 atom stereocenters. The number of aliphatic hydroxyl groups is 1. The molecule has 1 aliphatic rings. The highest BCUT2D eigenvalue weighted by atomic mass is 16.3. The van der Waals surface area contributed by atoms with Gasteiger partial charge in [0.2, 0.25) is 0 Å². The van der Waals surface area contributed by atoms with E-state index < -0.39 is 0 Å². The summed E-state index contributed by atoms with van der Waals surface area (Å²) in [6, 6.07) is 2.63. The summed E-state index contributed by atoms with van der Waals surface area (Å²) in [6.07, 6.45) is 7.92. The Morgan fingerprint density at radius 1 is 1.46 bits per heavy atom. The van der Waals surface area contributed by atoms with Gasteiger partial charge in [-0.2, -0.15) is 5.10 Å². The first-order valence-corrected chi connectivity index (χ1v) is 5.05. The third-order valence-electron chi connectivity index (χ3n) is 2.73. The van der Waals surface area contributed by atoms with Gasteiger partial charge in [-0.25, -0.2) is 0 Å². The lowest BCUT2D eigenvalue weighted by Gasteiger charge is -2.08. The van der Waals surface area contributed by atoms with E-state index in [2.05, 4.69) is 9.78 Å². The van der Waals surface area contributed by atoms with E-state index in [9.17, 15) is 0 Å². The molecule has 1 N–H and O–H groups in total. The van der Waals surface area contributed by atoms with Gasteiger partial charge in [0.25, 0.3) is 0 Å². The Balaban J connectivity index is 2.03. The molecule has 13 heavy (non-hydrogen) atoms. The van der Waals surface area contributed by atoms with Crippen LogP contribution in [0.2, 0.25) is 0 Å². The second-order valence-corrected chi connectivity index (χ2v) is 3.70. The van der Waals surface area contributed by atoms with Gasteiger partial charge in [0, 0.05) is 19.2 Å². The third kappa shape index (κ3) is 1.91. The predicted octanol–water partition coefficient (Wildman–Crippen LogP) is 1.53. The summed E-state index contributed by atoms with van der Waals surface area (Å²) in [6.45, 7) is 0.196. The van der Waals surface area contributed by atoms with E-state index in [4.69, 9.17) is 5.11 Å². The molecule has 0 aromatic carbocycles. The Kier molecular flexibility index (Phi) is 2.64. The zero-order valence-corrected chi connectivity index (χ0v) is 7.82. The fraction of sp³-hybridized carbons (Fsp3) is 0.700. The van der Waals surface area contributed by atoms with Crippen molar-refractivity contribution in [2.45, 2.75) is 38.1 Å². The van der Waals surface area contributed by atoms with Crippen molar-refractivity contribution in [1.29, 1.82) is 0 Å². The lowest BCUT2D eigenvalue weighted by atomic mass is 10.3. The van der Waals surface area contributed by atoms with E-state index in [-0.39, 0.29) is 6.61 Å². The lowest BCUT2D eigenvalue weighted by Crippen LogP contribution is -2.05. The van der Waals surface area contributed by atoms with Crippen LogP contribution in [0.3, 0.4) is 0 Å². The molecule has 3 heteroatoms. The van der Waals surface area contributed by atoms with Crippen molar-refractivity contribution in [3.8, 4) is 0 Å². The minimum absolute atomic E-state index is 0.196. The van der Waals surface area contributed by atoms with Gasteiger partial charge >= 0.3 is 0 Å². The van der Waals surface area contributed by atoms with E-state index in [1.807, 2.05) is 12.3 Å². The van der Waals surface area contributed by atoms with Crippen molar-refractivity contribution in [2.75, 3.05) is 6.61 Å². The van der Waals surface area contributed by atoms with E-state index in [0.29, 0.717) is 12.5 Å². The number of nitrogens with zero attached hydrogens (tertiary/aromatic N) is 2. The molecule has 0 radical (unpaired) electrons. The number of aromatic nitrogens is 2. The Morgan fingerprint density at radius 3 is 2.92 bits per heavy atom. The van der Waals surface area contributed by atoms with Gasteiger partial charge in [-0.3, -0.25) is 4.68 Å². The van der Waals surface area contributed by atoms with Crippen molar-refractivity contribution in [2.24, 2.45) is 0 Å². The van der Waals surface area contributed by atoms with Crippen LogP contribution in [0.25, 0.3) is 0 Å². The van der Waals surface area contributed by atoms with Gasteiger partial charge in [0.1, 0.15) is 0 Å². The highest BCUT2D eigenvalue weighted by Gasteiger charge is 2.17. The molecule has 0 aliphatic heterocycles. The fourth-order valence-corrected chi connectivity index (χ4v) is 2.00. The van der Waals surface area contributed by atoms with Gasteiger partial charge in [-0.1, -0.05) is 12.8 Å². The smallest absolute Gasteiger partial charge is 0.0647 e. The average Bonchev–Trinajstić information content (AvgIpc) is 2.70. The van der Waals surface area contributed by atoms with Crippen molar-refractivity contribution in [3.63, 3.8) is 0 Å². The highest BCUT2D eigenvalue weighted by Crippen LogP contribution is 2.28. The van der Waals surface area contributed by atoms with Crippen LogP contribution in [-0.4, -0.2) is 21.5 Å². The number of hydrogen-bond acceptors (Lipinski definition) is 2. The van der Waals surface area contributed by atoms with Crippen LogP contribution >= 0.6 is 0 Å². The zero-order chi connectivity index (χ0) is 9.10.